The van der Waals surface area contributed by atoms with E-state index in [1.807, 2.05) is 0 Å². The van der Waals surface area contributed by atoms with Gasteiger partial charge in [-0.25, -0.2) is 0 Å². The van der Waals surface area contributed by atoms with E-state index in [1.165, 1.54) is 27.7 Å². The number of alkyl halides is 6. The third-order valence-corrected chi connectivity index (χ3v) is 2.85. The zero-order valence-electron chi connectivity index (χ0n) is 12.9. The van der Waals surface area contributed by atoms with Crippen LogP contribution in [0.3, 0.4) is 0 Å². The molecule has 0 unspecified atom stereocenters. The summed E-state index contributed by atoms with van der Waals surface area (Å²) in [6.07, 6.45) is -13.5. The molecule has 1 heterocycles. The van der Waals surface area contributed by atoms with Crippen molar-refractivity contribution in [2.45, 2.75) is 51.8 Å². The van der Waals surface area contributed by atoms with Crippen molar-refractivity contribution in [1.29, 1.82) is 0 Å². The Bertz CT molecular complexity index is 466. The van der Waals surface area contributed by atoms with Crippen LogP contribution < -0.4 is 0 Å². The summed E-state index contributed by atoms with van der Waals surface area (Å²) in [6.45, 7) is 6.08. The maximum atomic E-state index is 13.2. The number of hydrogen-bond acceptors (Lipinski definition) is 5. The van der Waals surface area contributed by atoms with Gasteiger partial charge in [-0.2, -0.15) is 36.3 Å². The van der Waals surface area contributed by atoms with E-state index < -0.39 is 36.2 Å². The van der Waals surface area contributed by atoms with Gasteiger partial charge in [0.2, 0.25) is 0 Å². The van der Waals surface area contributed by atoms with Gasteiger partial charge in [-0.05, 0) is 27.7 Å². The van der Waals surface area contributed by atoms with Gasteiger partial charge >= 0.3 is 24.1 Å². The van der Waals surface area contributed by atoms with Crippen LogP contribution in [0.5, 0.6) is 0 Å². The van der Waals surface area contributed by atoms with Crippen molar-refractivity contribution < 1.29 is 35.8 Å². The molecule has 0 spiro atoms. The van der Waals surface area contributed by atoms with Crippen molar-refractivity contribution >= 4 is 12.1 Å². The van der Waals surface area contributed by atoms with Gasteiger partial charge in [0.05, 0.1) is 6.10 Å². The molecular formula is C12H17F6N3O2. The SMILES string of the molecule is CCN(CC)C1=NC(C(F)(F)F)(C(F)(F)F)N=C(OC(C)C)O1. The first kappa shape index (κ1) is 19.4. The predicted molar refractivity (Wildman–Crippen MR) is 69.9 cm³/mol. The lowest BCUT2D eigenvalue weighted by Crippen LogP contribution is -2.58. The molecule has 0 aromatic rings. The molecule has 11 heteroatoms. The van der Waals surface area contributed by atoms with Gasteiger partial charge in [0.15, 0.2) is 0 Å². The second-order valence-electron chi connectivity index (χ2n) is 4.88. The zero-order chi connectivity index (χ0) is 18.1. The van der Waals surface area contributed by atoms with Crippen LogP contribution in [0.2, 0.25) is 0 Å². The fourth-order valence-corrected chi connectivity index (χ4v) is 1.71. The molecule has 0 amide bonds. The average molecular weight is 349 g/mol. The summed E-state index contributed by atoms with van der Waals surface area (Å²) < 4.78 is 88.8. The van der Waals surface area contributed by atoms with Crippen LogP contribution in [0.25, 0.3) is 0 Å². The minimum Gasteiger partial charge on any atom is -0.448 e. The molecule has 0 saturated heterocycles. The Morgan fingerprint density at radius 2 is 1.52 bits per heavy atom. The van der Waals surface area contributed by atoms with E-state index in [0.717, 1.165) is 4.90 Å². The Labute approximate surface area is 129 Å². The summed E-state index contributed by atoms with van der Waals surface area (Å²) >= 11 is 0. The van der Waals surface area contributed by atoms with Crippen molar-refractivity contribution in [2.75, 3.05) is 13.1 Å². The Balaban J connectivity index is 3.52. The van der Waals surface area contributed by atoms with Gasteiger partial charge < -0.3 is 14.4 Å². The third kappa shape index (κ3) is 3.81. The van der Waals surface area contributed by atoms with Crippen LogP contribution in [0.15, 0.2) is 9.98 Å². The number of aliphatic imine (C=N–C) groups is 2. The summed E-state index contributed by atoms with van der Waals surface area (Å²) in [5.41, 5.74) is -4.65. The minimum atomic E-state index is -5.81. The largest absolute Gasteiger partial charge is 0.448 e. The van der Waals surface area contributed by atoms with Crippen molar-refractivity contribution in [1.82, 2.24) is 4.90 Å². The molecule has 134 valence electrons. The van der Waals surface area contributed by atoms with Gasteiger partial charge in [-0.3, -0.25) is 0 Å². The summed E-state index contributed by atoms with van der Waals surface area (Å²) in [5, 5.41) is 0. The van der Waals surface area contributed by atoms with E-state index in [-0.39, 0.29) is 13.1 Å². The molecule has 0 saturated carbocycles. The quantitative estimate of drug-likeness (QED) is 0.735. The van der Waals surface area contributed by atoms with E-state index in [0.29, 0.717) is 0 Å². The molecule has 1 aliphatic heterocycles. The molecule has 1 aliphatic rings. The van der Waals surface area contributed by atoms with Crippen LogP contribution in [0.1, 0.15) is 27.7 Å². The van der Waals surface area contributed by atoms with E-state index in [9.17, 15) is 26.3 Å². The van der Waals surface area contributed by atoms with Crippen molar-refractivity contribution in [2.24, 2.45) is 9.98 Å². The van der Waals surface area contributed by atoms with Gasteiger partial charge in [0.1, 0.15) is 0 Å². The molecule has 1 rings (SSSR count). The lowest BCUT2D eigenvalue weighted by atomic mass is 10.1. The van der Waals surface area contributed by atoms with Gasteiger partial charge in [-0.1, -0.05) is 0 Å². The molecule has 23 heavy (non-hydrogen) atoms. The Morgan fingerprint density at radius 1 is 1.04 bits per heavy atom. The molecule has 0 aliphatic carbocycles. The fraction of sp³-hybridized carbons (Fsp3) is 0.833. The standard InChI is InChI=1S/C12H17F6N3O2/c1-5-21(6-2)8-19-10(11(13,14)15,12(16,17)18)20-9(23-8)22-7(3)4/h7H,5-6H2,1-4H3. The maximum absolute atomic E-state index is 13.2. The molecule has 0 radical (unpaired) electrons. The molecule has 0 N–H and O–H groups in total. The third-order valence-electron chi connectivity index (χ3n) is 2.85. The van der Waals surface area contributed by atoms with Crippen molar-refractivity contribution in [3.05, 3.63) is 0 Å². The topological polar surface area (TPSA) is 46.4 Å². The Hall–Kier alpha value is -1.68. The highest BCUT2D eigenvalue weighted by Gasteiger charge is 2.74. The molecule has 0 aromatic carbocycles. The Kier molecular flexibility index (Phi) is 5.42. The predicted octanol–water partition coefficient (Wildman–Crippen LogP) is 3.32. The highest BCUT2D eigenvalue weighted by Crippen LogP contribution is 2.48. The summed E-state index contributed by atoms with van der Waals surface area (Å²) in [4.78, 5) is 6.47. The molecule has 5 nitrogen and oxygen atoms in total. The first-order valence-electron chi connectivity index (χ1n) is 6.80. The van der Waals surface area contributed by atoms with Crippen LogP contribution in [-0.2, 0) is 9.47 Å². The highest BCUT2D eigenvalue weighted by atomic mass is 19.4. The summed E-state index contributed by atoms with van der Waals surface area (Å²) in [6, 6.07) is -0.838. The summed E-state index contributed by atoms with van der Waals surface area (Å²) in [7, 11) is 0. The molecule has 0 atom stereocenters. The van der Waals surface area contributed by atoms with E-state index in [4.69, 9.17) is 9.47 Å². The minimum absolute atomic E-state index is 0.0933. The molecule has 0 aromatic heterocycles. The zero-order valence-corrected chi connectivity index (χ0v) is 12.9. The lowest BCUT2D eigenvalue weighted by Gasteiger charge is -2.35. The fourth-order valence-electron chi connectivity index (χ4n) is 1.71. The van der Waals surface area contributed by atoms with Gasteiger partial charge in [0.25, 0.3) is 6.02 Å². The summed E-state index contributed by atoms with van der Waals surface area (Å²) in [5.74, 6) is 0. The first-order chi connectivity index (χ1) is 10.4. The monoisotopic (exact) mass is 349 g/mol. The van der Waals surface area contributed by atoms with Gasteiger partial charge in [0, 0.05) is 13.1 Å². The van der Waals surface area contributed by atoms with Crippen LogP contribution >= 0.6 is 0 Å². The molecule has 0 fully saturated rings. The van der Waals surface area contributed by atoms with Gasteiger partial charge in [-0.15, -0.1) is 0 Å². The number of halogens is 6. The van der Waals surface area contributed by atoms with Crippen molar-refractivity contribution in [3.63, 3.8) is 0 Å². The van der Waals surface area contributed by atoms with E-state index in [2.05, 4.69) is 9.98 Å². The smallest absolute Gasteiger partial charge is 0.444 e. The second kappa shape index (κ2) is 6.44. The number of rotatable bonds is 3. The first-order valence-corrected chi connectivity index (χ1v) is 6.80. The Morgan fingerprint density at radius 3 is 1.87 bits per heavy atom. The highest BCUT2D eigenvalue weighted by molar-refractivity contribution is 5.89. The van der Waals surface area contributed by atoms with Crippen molar-refractivity contribution in [3.8, 4) is 0 Å². The van der Waals surface area contributed by atoms with E-state index in [1.54, 1.807) is 0 Å². The maximum Gasteiger partial charge on any atom is 0.444 e. The number of nitrogens with zero attached hydrogens (tertiary/aromatic N) is 3. The normalized spacial score (nSPS) is 18.2. The second-order valence-corrected chi connectivity index (χ2v) is 4.88. The number of hydrogen-bond donors (Lipinski definition) is 0. The number of amidine groups is 1. The average Bonchev–Trinajstić information content (AvgIpc) is 2.36. The lowest BCUT2D eigenvalue weighted by molar-refractivity contribution is -0.294. The molecular weight excluding hydrogens is 332 g/mol. The van der Waals surface area contributed by atoms with E-state index >= 15 is 0 Å². The van der Waals surface area contributed by atoms with Crippen LogP contribution in [0, 0.1) is 0 Å². The van der Waals surface area contributed by atoms with Crippen LogP contribution in [0.4, 0.5) is 26.3 Å². The number of ether oxygens (including phenoxy) is 2. The van der Waals surface area contributed by atoms with Crippen LogP contribution in [-0.4, -0.2) is 54.2 Å². The molecule has 0 bridgehead atoms.